The van der Waals surface area contributed by atoms with Gasteiger partial charge in [-0.05, 0) is 49.3 Å². The van der Waals surface area contributed by atoms with Crippen molar-refractivity contribution in [1.82, 2.24) is 10.6 Å². The minimum atomic E-state index is -0.362. The Hall–Kier alpha value is -1.71. The van der Waals surface area contributed by atoms with E-state index in [0.29, 0.717) is 11.8 Å². The van der Waals surface area contributed by atoms with Crippen molar-refractivity contribution < 1.29 is 9.53 Å². The topological polar surface area (TPSA) is 50.4 Å². The summed E-state index contributed by atoms with van der Waals surface area (Å²) in [6.07, 6.45) is 4.37. The van der Waals surface area contributed by atoms with E-state index in [1.165, 1.54) is 24.8 Å². The summed E-state index contributed by atoms with van der Waals surface area (Å²) in [6, 6.07) is 8.17. The van der Waals surface area contributed by atoms with Crippen molar-refractivity contribution in [3.63, 3.8) is 0 Å². The second-order valence-corrected chi connectivity index (χ2v) is 6.97. The third-order valence-electron chi connectivity index (χ3n) is 4.62. The van der Waals surface area contributed by atoms with Gasteiger partial charge in [0.2, 0.25) is 0 Å². The van der Waals surface area contributed by atoms with Crippen molar-refractivity contribution in [2.75, 3.05) is 0 Å². The number of hydrogen-bond donors (Lipinski definition) is 2. The van der Waals surface area contributed by atoms with Crippen molar-refractivity contribution in [2.45, 2.75) is 71.6 Å². The summed E-state index contributed by atoms with van der Waals surface area (Å²) >= 11 is 0. The fraction of sp³-hybridized carbons (Fsp3) is 0.632. The van der Waals surface area contributed by atoms with Gasteiger partial charge >= 0.3 is 6.03 Å². The van der Waals surface area contributed by atoms with Crippen LogP contribution in [0.5, 0.6) is 5.75 Å². The van der Waals surface area contributed by atoms with Crippen molar-refractivity contribution in [2.24, 2.45) is 5.92 Å². The molecule has 4 nitrogen and oxygen atoms in total. The molecule has 0 bridgehead atoms. The Morgan fingerprint density at radius 1 is 1.13 bits per heavy atom. The Bertz CT molecular complexity index is 499. The number of rotatable bonds is 5. The summed E-state index contributed by atoms with van der Waals surface area (Å²) in [7, 11) is 0. The monoisotopic (exact) mass is 318 g/mol. The molecule has 3 unspecified atom stereocenters. The molecule has 2 amide bonds. The number of nitrogens with one attached hydrogen (secondary N) is 2. The molecule has 23 heavy (non-hydrogen) atoms. The molecule has 0 spiro atoms. The van der Waals surface area contributed by atoms with Gasteiger partial charge in [-0.3, -0.25) is 0 Å². The smallest absolute Gasteiger partial charge is 0.317 e. The molecule has 1 aliphatic carbocycles. The Kier molecular flexibility index (Phi) is 6.31. The summed E-state index contributed by atoms with van der Waals surface area (Å²) in [6.45, 7) is 8.38. The quantitative estimate of drug-likeness (QED) is 0.790. The lowest BCUT2D eigenvalue weighted by Gasteiger charge is -2.30. The molecule has 1 fully saturated rings. The van der Waals surface area contributed by atoms with Crippen LogP contribution in [0.3, 0.4) is 0 Å². The average Bonchev–Trinajstić information content (AvgIpc) is 2.50. The van der Waals surface area contributed by atoms with Crippen LogP contribution in [0.4, 0.5) is 4.79 Å². The standard InChI is InChI=1S/C19H30N2O2/c1-13(2)16-9-11-17(12-10-16)23-15(4)20-19(22)21-18-8-6-5-7-14(18)3/h9-15,18H,5-8H2,1-4H3,(H2,20,21,22). The van der Waals surface area contributed by atoms with Gasteiger partial charge in [0, 0.05) is 6.04 Å². The van der Waals surface area contributed by atoms with E-state index in [9.17, 15) is 4.79 Å². The molecule has 2 N–H and O–H groups in total. The zero-order valence-corrected chi connectivity index (χ0v) is 14.8. The third-order valence-corrected chi connectivity index (χ3v) is 4.62. The maximum Gasteiger partial charge on any atom is 0.317 e. The van der Waals surface area contributed by atoms with Crippen LogP contribution in [0.2, 0.25) is 0 Å². The molecule has 0 saturated heterocycles. The highest BCUT2D eigenvalue weighted by atomic mass is 16.5. The first-order chi connectivity index (χ1) is 11.0. The number of hydrogen-bond acceptors (Lipinski definition) is 2. The minimum Gasteiger partial charge on any atom is -0.471 e. The summed E-state index contributed by atoms with van der Waals surface area (Å²) in [5, 5.41) is 5.94. The third kappa shape index (κ3) is 5.45. The van der Waals surface area contributed by atoms with Gasteiger partial charge in [0.05, 0.1) is 0 Å². The van der Waals surface area contributed by atoms with Crippen molar-refractivity contribution in [3.05, 3.63) is 29.8 Å². The lowest BCUT2D eigenvalue weighted by atomic mass is 9.86. The molecule has 2 rings (SSSR count). The van der Waals surface area contributed by atoms with Gasteiger partial charge in [0.1, 0.15) is 5.75 Å². The van der Waals surface area contributed by atoms with Crippen LogP contribution >= 0.6 is 0 Å². The fourth-order valence-electron chi connectivity index (χ4n) is 3.09. The first-order valence-corrected chi connectivity index (χ1v) is 8.79. The van der Waals surface area contributed by atoms with Crippen molar-refractivity contribution in [1.29, 1.82) is 0 Å². The molecule has 0 radical (unpaired) electrons. The number of benzene rings is 1. The first-order valence-electron chi connectivity index (χ1n) is 8.79. The van der Waals surface area contributed by atoms with Crippen LogP contribution in [0, 0.1) is 5.92 Å². The molecule has 128 valence electrons. The van der Waals surface area contributed by atoms with Crippen LogP contribution in [-0.4, -0.2) is 18.3 Å². The van der Waals surface area contributed by atoms with Crippen LogP contribution < -0.4 is 15.4 Å². The summed E-state index contributed by atoms with van der Waals surface area (Å²) in [5.41, 5.74) is 1.28. The van der Waals surface area contributed by atoms with E-state index in [1.807, 2.05) is 19.1 Å². The van der Waals surface area contributed by atoms with E-state index in [1.54, 1.807) is 0 Å². The van der Waals surface area contributed by atoms with Crippen LogP contribution in [0.25, 0.3) is 0 Å². The molecule has 1 saturated carbocycles. The van der Waals surface area contributed by atoms with E-state index in [2.05, 4.69) is 43.5 Å². The molecule has 1 aliphatic rings. The molecular formula is C19H30N2O2. The largest absolute Gasteiger partial charge is 0.471 e. The Morgan fingerprint density at radius 2 is 1.78 bits per heavy atom. The minimum absolute atomic E-state index is 0.143. The molecule has 0 aromatic heterocycles. The molecule has 0 heterocycles. The molecule has 1 aromatic rings. The lowest BCUT2D eigenvalue weighted by molar-refractivity contribution is 0.170. The summed E-state index contributed by atoms with van der Waals surface area (Å²) in [4.78, 5) is 12.1. The number of urea groups is 1. The normalized spacial score (nSPS) is 22.5. The summed E-state index contributed by atoms with van der Waals surface area (Å²) < 4.78 is 5.76. The Labute approximate surface area is 140 Å². The average molecular weight is 318 g/mol. The predicted octanol–water partition coefficient (Wildman–Crippen LogP) is 4.41. The summed E-state index contributed by atoms with van der Waals surface area (Å²) in [5.74, 6) is 1.82. The molecule has 3 atom stereocenters. The highest BCUT2D eigenvalue weighted by Gasteiger charge is 2.23. The van der Waals surface area contributed by atoms with Gasteiger partial charge in [0.25, 0.3) is 0 Å². The van der Waals surface area contributed by atoms with Crippen LogP contribution in [0.15, 0.2) is 24.3 Å². The maximum absolute atomic E-state index is 12.1. The second kappa shape index (κ2) is 8.23. The molecule has 1 aromatic carbocycles. The second-order valence-electron chi connectivity index (χ2n) is 6.97. The molecular weight excluding hydrogens is 288 g/mol. The SMILES string of the molecule is CC(NC(=O)NC1CCCCC1C)Oc1ccc(C(C)C)cc1. The van der Waals surface area contributed by atoms with E-state index in [-0.39, 0.29) is 18.3 Å². The molecule has 4 heteroatoms. The number of ether oxygens (including phenoxy) is 1. The zero-order valence-electron chi connectivity index (χ0n) is 14.8. The lowest BCUT2D eigenvalue weighted by Crippen LogP contribution is -2.49. The highest BCUT2D eigenvalue weighted by molar-refractivity contribution is 5.74. The Morgan fingerprint density at radius 3 is 2.39 bits per heavy atom. The number of amides is 2. The van der Waals surface area contributed by atoms with E-state index >= 15 is 0 Å². The molecule has 0 aliphatic heterocycles. The van der Waals surface area contributed by atoms with Gasteiger partial charge in [-0.25, -0.2) is 4.79 Å². The van der Waals surface area contributed by atoms with Gasteiger partial charge in [-0.15, -0.1) is 0 Å². The van der Waals surface area contributed by atoms with Crippen LogP contribution in [-0.2, 0) is 0 Å². The number of carbonyl (C=O) groups is 1. The zero-order chi connectivity index (χ0) is 16.8. The van der Waals surface area contributed by atoms with Crippen molar-refractivity contribution in [3.8, 4) is 5.75 Å². The predicted molar refractivity (Wildman–Crippen MR) is 93.7 cm³/mol. The number of carbonyl (C=O) groups excluding carboxylic acids is 1. The van der Waals surface area contributed by atoms with Crippen LogP contribution in [0.1, 0.15) is 64.9 Å². The van der Waals surface area contributed by atoms with E-state index in [4.69, 9.17) is 4.74 Å². The van der Waals surface area contributed by atoms with Gasteiger partial charge < -0.3 is 15.4 Å². The van der Waals surface area contributed by atoms with Gasteiger partial charge in [-0.2, -0.15) is 0 Å². The fourth-order valence-corrected chi connectivity index (χ4v) is 3.09. The van der Waals surface area contributed by atoms with Gasteiger partial charge in [-0.1, -0.05) is 45.7 Å². The Balaban J connectivity index is 1.79. The van der Waals surface area contributed by atoms with E-state index < -0.39 is 0 Å². The first kappa shape index (κ1) is 17.6. The maximum atomic E-state index is 12.1. The highest BCUT2D eigenvalue weighted by Crippen LogP contribution is 2.23. The van der Waals surface area contributed by atoms with E-state index in [0.717, 1.165) is 12.2 Å². The van der Waals surface area contributed by atoms with Gasteiger partial charge in [0.15, 0.2) is 6.23 Å². The van der Waals surface area contributed by atoms with Crippen molar-refractivity contribution >= 4 is 6.03 Å².